The van der Waals surface area contributed by atoms with Gasteiger partial charge in [-0.15, -0.1) is 0 Å². The maximum Gasteiger partial charge on any atom is 0.326 e. The van der Waals surface area contributed by atoms with Gasteiger partial charge in [-0.2, -0.15) is 0 Å². The molecule has 2 aliphatic heterocycles. The van der Waals surface area contributed by atoms with Crippen LogP contribution in [0.3, 0.4) is 0 Å². The molecule has 0 saturated carbocycles. The van der Waals surface area contributed by atoms with E-state index in [1.54, 1.807) is 0 Å². The van der Waals surface area contributed by atoms with Gasteiger partial charge in [0.05, 0.1) is 29.8 Å². The van der Waals surface area contributed by atoms with Crippen LogP contribution in [-0.4, -0.2) is 51.2 Å². The third kappa shape index (κ3) is 7.89. The Bertz CT molecular complexity index is 2210. The molecule has 0 unspecified atom stereocenters. The molecular weight excluding hydrogens is 665 g/mol. The first-order valence-corrected chi connectivity index (χ1v) is 18.5. The highest BCUT2D eigenvalue weighted by Gasteiger charge is 2.34. The summed E-state index contributed by atoms with van der Waals surface area (Å²) in [7, 11) is 0. The number of fused-ring (bicyclic) bond motifs is 1. The van der Waals surface area contributed by atoms with Crippen LogP contribution >= 0.6 is 0 Å². The van der Waals surface area contributed by atoms with Crippen molar-refractivity contribution in [3.05, 3.63) is 166 Å². The number of hydrogen-bond donors (Lipinski definition) is 3. The number of nitrogens with one attached hydrogen (secondary N) is 2. The van der Waals surface area contributed by atoms with E-state index in [1.165, 1.54) is 0 Å². The minimum atomic E-state index is -0.549. The van der Waals surface area contributed by atoms with Gasteiger partial charge in [-0.05, 0) is 71.0 Å². The lowest BCUT2D eigenvalue weighted by Gasteiger charge is -2.40. The average Bonchev–Trinajstić information content (AvgIpc) is 3.56. The lowest BCUT2D eigenvalue weighted by Crippen LogP contribution is -2.43. The number of rotatable bonds is 10. The summed E-state index contributed by atoms with van der Waals surface area (Å²) in [4.78, 5) is 30.9. The van der Waals surface area contributed by atoms with Gasteiger partial charge < -0.3 is 29.8 Å². The summed E-state index contributed by atoms with van der Waals surface area (Å²) < 4.78 is 15.3. The van der Waals surface area contributed by atoms with Gasteiger partial charge in [0.1, 0.15) is 0 Å². The first kappa shape index (κ1) is 34.7. The van der Waals surface area contributed by atoms with Gasteiger partial charge in [0, 0.05) is 49.8 Å². The number of benzene rings is 5. The fourth-order valence-electron chi connectivity index (χ4n) is 7.69. The molecule has 0 radical (unpaired) electrons. The molecule has 53 heavy (non-hydrogen) atoms. The van der Waals surface area contributed by atoms with E-state index < -0.39 is 6.29 Å². The quantitative estimate of drug-likeness (QED) is 0.138. The third-order valence-electron chi connectivity index (χ3n) is 10.6. The molecule has 2 fully saturated rings. The normalized spacial score (nSPS) is 19.7. The molecular formula is C44H44N4O5. The highest BCUT2D eigenvalue weighted by molar-refractivity contribution is 5.94. The highest BCUT2D eigenvalue weighted by atomic mass is 16.7. The van der Waals surface area contributed by atoms with Crippen molar-refractivity contribution in [2.24, 2.45) is 0 Å². The smallest absolute Gasteiger partial charge is 0.326 e. The first-order chi connectivity index (χ1) is 26.0. The zero-order valence-electron chi connectivity index (χ0n) is 29.6. The van der Waals surface area contributed by atoms with Crippen LogP contribution in [0.25, 0.3) is 22.2 Å². The molecule has 0 spiro atoms. The SMILES string of the molecule is O=C(NCc1cccc(-c2ccc([C@H]3O[C@@H](CN4CCC(n5c(=O)[nH]c6ccccc65)CC4)C[C@@H](c4ccc(CO)cc4)O3)cc2)c1)c1ccccc1. The van der Waals surface area contributed by atoms with E-state index in [0.717, 1.165) is 76.9 Å². The number of nitrogens with zero attached hydrogens (tertiary/aromatic N) is 2. The van der Waals surface area contributed by atoms with Gasteiger partial charge in [-0.25, -0.2) is 4.79 Å². The molecule has 270 valence electrons. The molecule has 8 rings (SSSR count). The number of aromatic nitrogens is 2. The predicted octanol–water partition coefficient (Wildman–Crippen LogP) is 7.30. The van der Waals surface area contributed by atoms with Crippen LogP contribution in [0.1, 0.15) is 70.3 Å². The first-order valence-electron chi connectivity index (χ1n) is 18.5. The van der Waals surface area contributed by atoms with Crippen molar-refractivity contribution in [3.63, 3.8) is 0 Å². The third-order valence-corrected chi connectivity index (χ3v) is 10.6. The Morgan fingerprint density at radius 2 is 1.51 bits per heavy atom. The number of likely N-dealkylation sites (tertiary alicyclic amines) is 1. The number of aromatic amines is 1. The van der Waals surface area contributed by atoms with Crippen LogP contribution in [-0.2, 0) is 22.6 Å². The molecule has 6 aromatic rings. The van der Waals surface area contributed by atoms with Crippen LogP contribution in [0.5, 0.6) is 0 Å². The van der Waals surface area contributed by atoms with E-state index in [4.69, 9.17) is 9.47 Å². The number of piperidine rings is 1. The molecule has 5 aromatic carbocycles. The van der Waals surface area contributed by atoms with Crippen molar-refractivity contribution in [1.82, 2.24) is 19.8 Å². The predicted molar refractivity (Wildman–Crippen MR) is 205 cm³/mol. The Hall–Kier alpha value is -5.32. The molecule has 3 atom stereocenters. The highest BCUT2D eigenvalue weighted by Crippen LogP contribution is 2.39. The molecule has 2 aliphatic rings. The van der Waals surface area contributed by atoms with Crippen LogP contribution in [0.15, 0.2) is 132 Å². The number of H-pyrrole nitrogens is 1. The van der Waals surface area contributed by atoms with E-state index in [1.807, 2.05) is 95.6 Å². The number of amides is 1. The van der Waals surface area contributed by atoms with Crippen molar-refractivity contribution in [3.8, 4) is 11.1 Å². The number of carbonyl (C=O) groups excluding carboxylic acids is 1. The topological polar surface area (TPSA) is 109 Å². The summed E-state index contributed by atoms with van der Waals surface area (Å²) in [6.45, 7) is 2.96. The number of aliphatic hydroxyl groups excluding tert-OH is 1. The maximum absolute atomic E-state index is 12.9. The number of carbonyl (C=O) groups is 1. The van der Waals surface area contributed by atoms with E-state index in [9.17, 15) is 14.7 Å². The Labute approximate surface area is 308 Å². The van der Waals surface area contributed by atoms with Crippen molar-refractivity contribution < 1.29 is 19.4 Å². The molecule has 3 heterocycles. The largest absolute Gasteiger partial charge is 0.392 e. The minimum absolute atomic E-state index is 0.00161. The Kier molecular flexibility index (Phi) is 10.3. The van der Waals surface area contributed by atoms with E-state index in [0.29, 0.717) is 18.5 Å². The summed E-state index contributed by atoms with van der Waals surface area (Å²) in [5, 5.41) is 12.6. The van der Waals surface area contributed by atoms with Crippen molar-refractivity contribution in [2.45, 2.75) is 57.0 Å². The number of hydrogen-bond acceptors (Lipinski definition) is 6. The average molecular weight is 709 g/mol. The summed E-state index contributed by atoms with van der Waals surface area (Å²) >= 11 is 0. The minimum Gasteiger partial charge on any atom is -0.392 e. The standard InChI is InChI=1S/C44H44N4O5/c49-29-30-13-15-33(16-14-30)41-26-38(28-47-23-21-37(22-24-47)48-40-12-5-4-11-39(40)46-44(48)51)52-43(53-41)35-19-17-32(18-20-35)36-10-6-7-31(25-36)27-45-42(50)34-8-2-1-3-9-34/h1-20,25,37-38,41,43,49H,21-24,26-29H2,(H,45,50)(H,46,51)/t38-,41+,43+/m1/s1. The van der Waals surface area contributed by atoms with Gasteiger partial charge in [0.2, 0.25) is 0 Å². The van der Waals surface area contributed by atoms with Gasteiger partial charge >= 0.3 is 5.69 Å². The summed E-state index contributed by atoms with van der Waals surface area (Å²) in [6.07, 6.45) is 1.71. The van der Waals surface area contributed by atoms with E-state index >= 15 is 0 Å². The molecule has 0 bridgehead atoms. The summed E-state index contributed by atoms with van der Waals surface area (Å²) in [5.41, 5.74) is 8.46. The molecule has 1 amide bonds. The van der Waals surface area contributed by atoms with Gasteiger partial charge in [0.15, 0.2) is 6.29 Å². The summed E-state index contributed by atoms with van der Waals surface area (Å²) in [5.74, 6) is -0.0967. The van der Waals surface area contributed by atoms with E-state index in [2.05, 4.69) is 51.6 Å². The van der Waals surface area contributed by atoms with Gasteiger partial charge in [-0.1, -0.05) is 97.1 Å². The number of para-hydroxylation sites is 2. The lowest BCUT2D eigenvalue weighted by molar-refractivity contribution is -0.253. The fourth-order valence-corrected chi connectivity index (χ4v) is 7.69. The van der Waals surface area contributed by atoms with E-state index in [-0.39, 0.29) is 36.5 Å². The maximum atomic E-state index is 12.9. The molecule has 0 aliphatic carbocycles. The number of aliphatic hydroxyl groups is 1. The van der Waals surface area contributed by atoms with Crippen LogP contribution in [0, 0.1) is 0 Å². The zero-order chi connectivity index (χ0) is 36.1. The van der Waals surface area contributed by atoms with Crippen molar-refractivity contribution in [1.29, 1.82) is 0 Å². The van der Waals surface area contributed by atoms with Crippen molar-refractivity contribution in [2.75, 3.05) is 19.6 Å². The van der Waals surface area contributed by atoms with Crippen LogP contribution in [0.2, 0.25) is 0 Å². The van der Waals surface area contributed by atoms with Crippen LogP contribution < -0.4 is 11.0 Å². The van der Waals surface area contributed by atoms with Gasteiger partial charge in [-0.3, -0.25) is 9.36 Å². The number of ether oxygens (including phenoxy) is 2. The fraction of sp³-hybridized carbons (Fsp3) is 0.273. The lowest BCUT2D eigenvalue weighted by atomic mass is 9.98. The Balaban J connectivity index is 0.951. The number of imidazole rings is 1. The monoisotopic (exact) mass is 708 g/mol. The zero-order valence-corrected chi connectivity index (χ0v) is 29.6. The Morgan fingerprint density at radius 3 is 2.28 bits per heavy atom. The summed E-state index contributed by atoms with van der Waals surface area (Å²) in [6, 6.07) is 41.8. The second-order valence-corrected chi connectivity index (χ2v) is 14.1. The van der Waals surface area contributed by atoms with Gasteiger partial charge in [0.25, 0.3) is 5.91 Å². The molecule has 1 aromatic heterocycles. The second kappa shape index (κ2) is 15.7. The molecule has 9 nitrogen and oxygen atoms in total. The Morgan fingerprint density at radius 1 is 0.774 bits per heavy atom. The molecule has 2 saturated heterocycles. The molecule has 3 N–H and O–H groups in total. The van der Waals surface area contributed by atoms with Crippen LogP contribution in [0.4, 0.5) is 0 Å². The van der Waals surface area contributed by atoms with Crippen molar-refractivity contribution >= 4 is 16.9 Å². The second-order valence-electron chi connectivity index (χ2n) is 14.1. The molecule has 9 heteroatoms.